The number of carbonyl (C=O) groups is 2. The van der Waals surface area contributed by atoms with Crippen molar-refractivity contribution in [2.75, 3.05) is 25.6 Å². The number of anilines is 1. The van der Waals surface area contributed by atoms with Crippen LogP contribution >= 0.6 is 11.3 Å². The molecular weight excluding hydrogens is 478 g/mol. The van der Waals surface area contributed by atoms with E-state index in [1.165, 1.54) is 22.8 Å². The van der Waals surface area contributed by atoms with E-state index in [2.05, 4.69) is 4.99 Å². The number of ether oxygens (including phenoxy) is 2. The molecule has 36 heavy (non-hydrogen) atoms. The number of fused-ring (bicyclic) bond motifs is 1. The molecule has 8 nitrogen and oxygen atoms in total. The van der Waals surface area contributed by atoms with Gasteiger partial charge in [-0.15, -0.1) is 0 Å². The van der Waals surface area contributed by atoms with Crippen molar-refractivity contribution in [3.05, 3.63) is 90.6 Å². The second-order valence-electron chi connectivity index (χ2n) is 8.45. The fourth-order valence-electron chi connectivity index (χ4n) is 4.01. The van der Waals surface area contributed by atoms with Gasteiger partial charge >= 0.3 is 11.9 Å². The van der Waals surface area contributed by atoms with Crippen LogP contribution in [0, 0.1) is 0 Å². The van der Waals surface area contributed by atoms with Gasteiger partial charge in [-0.1, -0.05) is 35.6 Å². The molecule has 0 unspecified atom stereocenters. The lowest BCUT2D eigenvalue weighted by Crippen LogP contribution is -2.39. The first-order valence-corrected chi connectivity index (χ1v) is 12.3. The molecule has 1 aliphatic heterocycles. The predicted molar refractivity (Wildman–Crippen MR) is 139 cm³/mol. The minimum Gasteiger partial charge on any atom is -0.463 e. The third kappa shape index (κ3) is 5.01. The zero-order valence-corrected chi connectivity index (χ0v) is 21.6. The second kappa shape index (κ2) is 10.3. The average molecular weight is 506 g/mol. The maximum atomic E-state index is 13.7. The highest BCUT2D eigenvalue weighted by atomic mass is 32.1. The van der Waals surface area contributed by atoms with Gasteiger partial charge in [0.2, 0.25) is 0 Å². The van der Waals surface area contributed by atoms with Crippen molar-refractivity contribution in [3.8, 4) is 5.75 Å². The van der Waals surface area contributed by atoms with E-state index in [4.69, 9.17) is 9.47 Å². The van der Waals surface area contributed by atoms with Crippen molar-refractivity contribution in [1.82, 2.24) is 4.57 Å². The molecule has 0 bridgehead atoms. The maximum absolute atomic E-state index is 13.7. The minimum atomic E-state index is -0.732. The van der Waals surface area contributed by atoms with E-state index in [0.717, 1.165) is 11.3 Å². The average Bonchev–Trinajstić information content (AvgIpc) is 3.13. The van der Waals surface area contributed by atoms with Crippen LogP contribution in [-0.2, 0) is 14.3 Å². The van der Waals surface area contributed by atoms with Crippen LogP contribution in [0.4, 0.5) is 5.69 Å². The summed E-state index contributed by atoms with van der Waals surface area (Å²) in [4.78, 5) is 45.0. The first-order chi connectivity index (χ1) is 17.2. The lowest BCUT2D eigenvalue weighted by molar-refractivity contribution is -0.139. The highest BCUT2D eigenvalue weighted by molar-refractivity contribution is 7.07. The number of hydrogen-bond acceptors (Lipinski definition) is 8. The Labute approximate surface area is 212 Å². The Morgan fingerprint density at radius 3 is 2.36 bits per heavy atom. The highest BCUT2D eigenvalue weighted by Crippen LogP contribution is 2.31. The van der Waals surface area contributed by atoms with Crippen LogP contribution in [0.5, 0.6) is 5.75 Å². The monoisotopic (exact) mass is 505 g/mol. The van der Waals surface area contributed by atoms with Gasteiger partial charge in [-0.05, 0) is 55.3 Å². The Morgan fingerprint density at radius 1 is 1.11 bits per heavy atom. The Bertz CT molecular complexity index is 1510. The van der Waals surface area contributed by atoms with Crippen LogP contribution in [0.3, 0.4) is 0 Å². The van der Waals surface area contributed by atoms with E-state index in [1.807, 2.05) is 49.3 Å². The standard InChI is InChI=1S/C27H27N3O5S/c1-6-34-26(33)23-16(2)28-27-30(24(23)19-9-13-21(14-10-19)35-17(3)31)25(32)22(36-27)15-18-7-11-20(12-8-18)29(4)5/h7-15,24H,6H2,1-5H3/b22-15+/t24-/m1/s1. The number of benzene rings is 2. The van der Waals surface area contributed by atoms with E-state index in [9.17, 15) is 14.4 Å². The lowest BCUT2D eigenvalue weighted by atomic mass is 9.96. The number of rotatable bonds is 6. The summed E-state index contributed by atoms with van der Waals surface area (Å²) < 4.78 is 12.5. The Morgan fingerprint density at radius 2 is 1.78 bits per heavy atom. The zero-order chi connectivity index (χ0) is 26.0. The van der Waals surface area contributed by atoms with Crippen LogP contribution in [-0.4, -0.2) is 37.2 Å². The van der Waals surface area contributed by atoms with E-state index < -0.39 is 18.0 Å². The summed E-state index contributed by atoms with van der Waals surface area (Å²) in [5.41, 5.74) is 3.15. The SMILES string of the molecule is CCOC(=O)C1=C(C)N=c2s/c(=C/c3ccc(N(C)C)cc3)c(=O)n2[C@@H]1c1ccc(OC(C)=O)cc1. The second-order valence-corrected chi connectivity index (χ2v) is 9.46. The molecule has 186 valence electrons. The summed E-state index contributed by atoms with van der Waals surface area (Å²) in [6.45, 7) is 4.99. The highest BCUT2D eigenvalue weighted by Gasteiger charge is 2.33. The van der Waals surface area contributed by atoms with Crippen molar-refractivity contribution in [3.63, 3.8) is 0 Å². The quantitative estimate of drug-likeness (QED) is 0.378. The molecule has 0 radical (unpaired) electrons. The minimum absolute atomic E-state index is 0.196. The van der Waals surface area contributed by atoms with Crippen molar-refractivity contribution in [1.29, 1.82) is 0 Å². The van der Waals surface area contributed by atoms with Crippen LogP contribution in [0.2, 0.25) is 0 Å². The number of hydrogen-bond donors (Lipinski definition) is 0. The van der Waals surface area contributed by atoms with Gasteiger partial charge in [0.15, 0.2) is 4.80 Å². The molecule has 0 N–H and O–H groups in total. The van der Waals surface area contributed by atoms with Crippen molar-refractivity contribution < 1.29 is 19.1 Å². The van der Waals surface area contributed by atoms with Crippen molar-refractivity contribution in [2.45, 2.75) is 26.8 Å². The molecule has 0 saturated heterocycles. The lowest BCUT2D eigenvalue weighted by Gasteiger charge is -2.24. The number of carbonyl (C=O) groups excluding carboxylic acids is 2. The van der Waals surface area contributed by atoms with E-state index in [-0.39, 0.29) is 12.2 Å². The number of nitrogens with zero attached hydrogens (tertiary/aromatic N) is 3. The molecule has 9 heteroatoms. The number of aromatic nitrogens is 1. The van der Waals surface area contributed by atoms with Crippen LogP contribution < -0.4 is 24.5 Å². The van der Waals surface area contributed by atoms with Gasteiger partial charge < -0.3 is 14.4 Å². The normalized spacial score (nSPS) is 15.2. The predicted octanol–water partition coefficient (Wildman–Crippen LogP) is 2.79. The Hall–Kier alpha value is -3.98. The van der Waals surface area contributed by atoms with Crippen molar-refractivity contribution in [2.24, 2.45) is 4.99 Å². The fourth-order valence-corrected chi connectivity index (χ4v) is 5.06. The summed E-state index contributed by atoms with van der Waals surface area (Å²) in [6.07, 6.45) is 1.83. The van der Waals surface area contributed by atoms with Gasteiger partial charge in [0.05, 0.1) is 28.5 Å². The summed E-state index contributed by atoms with van der Waals surface area (Å²) in [6, 6.07) is 13.9. The van der Waals surface area contributed by atoms with E-state index in [1.54, 1.807) is 38.1 Å². The fraction of sp³-hybridized carbons (Fsp3) is 0.259. The molecule has 1 aliphatic rings. The molecule has 0 fully saturated rings. The molecule has 0 saturated carbocycles. The maximum Gasteiger partial charge on any atom is 0.338 e. The van der Waals surface area contributed by atoms with Gasteiger partial charge in [-0.25, -0.2) is 9.79 Å². The summed E-state index contributed by atoms with van der Waals surface area (Å²) >= 11 is 1.27. The van der Waals surface area contributed by atoms with Crippen LogP contribution in [0.1, 0.15) is 37.9 Å². The van der Waals surface area contributed by atoms with Gasteiger partial charge in [-0.3, -0.25) is 14.2 Å². The smallest absolute Gasteiger partial charge is 0.338 e. The molecular formula is C27H27N3O5S. The van der Waals surface area contributed by atoms with Gasteiger partial charge in [0.25, 0.3) is 5.56 Å². The van der Waals surface area contributed by atoms with Gasteiger partial charge in [0, 0.05) is 26.7 Å². The number of esters is 2. The van der Waals surface area contributed by atoms with E-state index in [0.29, 0.717) is 31.9 Å². The molecule has 3 aromatic rings. The molecule has 1 atom stereocenters. The third-order valence-electron chi connectivity index (χ3n) is 5.68. The number of thiazole rings is 1. The molecule has 2 aromatic carbocycles. The van der Waals surface area contributed by atoms with Gasteiger partial charge in [-0.2, -0.15) is 0 Å². The molecule has 0 aliphatic carbocycles. The topological polar surface area (TPSA) is 90.2 Å². The Balaban J connectivity index is 1.86. The van der Waals surface area contributed by atoms with Crippen molar-refractivity contribution >= 4 is 35.0 Å². The van der Waals surface area contributed by atoms with Gasteiger partial charge in [0.1, 0.15) is 5.75 Å². The third-order valence-corrected chi connectivity index (χ3v) is 6.66. The van der Waals surface area contributed by atoms with Crippen LogP contribution in [0.15, 0.2) is 69.6 Å². The molecule has 1 aromatic heterocycles. The number of allylic oxidation sites excluding steroid dienone is 1. The summed E-state index contributed by atoms with van der Waals surface area (Å²) in [7, 11) is 3.94. The first-order valence-electron chi connectivity index (χ1n) is 11.4. The molecule has 4 rings (SSSR count). The van der Waals surface area contributed by atoms with Crippen LogP contribution in [0.25, 0.3) is 6.08 Å². The summed E-state index contributed by atoms with van der Waals surface area (Å²) in [5, 5.41) is 0. The van der Waals surface area contributed by atoms with E-state index >= 15 is 0 Å². The largest absolute Gasteiger partial charge is 0.463 e. The Kier molecular flexibility index (Phi) is 7.21. The molecule has 2 heterocycles. The summed E-state index contributed by atoms with van der Waals surface area (Å²) in [5.74, 6) is -0.586. The molecule has 0 amide bonds. The molecule has 0 spiro atoms. The zero-order valence-electron chi connectivity index (χ0n) is 20.8. The first kappa shape index (κ1) is 25.1.